The Labute approximate surface area is 287 Å². The van der Waals surface area contributed by atoms with Crippen LogP contribution >= 0.6 is 23.2 Å². The van der Waals surface area contributed by atoms with Crippen molar-refractivity contribution in [2.75, 3.05) is 32.7 Å². The monoisotopic (exact) mass is 672 g/mol. The standard InChI is InChI=1S/C32H37B3Cl2N6O4/c33-30(45)40-28(17-24-9-10-25(36)18-27(24)37)29(44)43-15-14-42(13-11-21-7-8-22-4-1-2-5-23(22)16-21)19-26(43)6-3-12-38-32(39-20-35-47)41-31(34)46/h1-2,4-5,7-10,16,18,20,26,28H,3,6,11-15,17,19,33-34H2,(H,40,45)(H,38,41,46)/b39-20-/t26-,28+/m0/s1. The molecule has 242 valence electrons. The van der Waals surface area contributed by atoms with Gasteiger partial charge in [0.15, 0.2) is 5.81 Å². The molecule has 4 rings (SSSR count). The van der Waals surface area contributed by atoms with Crippen molar-refractivity contribution in [3.05, 3.63) is 81.8 Å². The number of carbonyl (C=O) groups is 3. The quantitative estimate of drug-likeness (QED) is 0.132. The van der Waals surface area contributed by atoms with Gasteiger partial charge < -0.3 is 0 Å². The third kappa shape index (κ3) is 11.2. The average Bonchev–Trinajstić information content (AvgIpc) is 3.04. The second-order valence-electron chi connectivity index (χ2n) is 11.5. The van der Waals surface area contributed by atoms with Crippen molar-refractivity contribution in [2.45, 2.75) is 37.8 Å². The summed E-state index contributed by atoms with van der Waals surface area (Å²) in [4.78, 5) is 49.8. The van der Waals surface area contributed by atoms with Crippen LogP contribution in [0.5, 0.6) is 0 Å². The Morgan fingerprint density at radius 2 is 1.83 bits per heavy atom. The summed E-state index contributed by atoms with van der Waals surface area (Å²) in [6, 6.07) is 19.0. The number of fused-ring (bicyclic) bond motifs is 1. The number of rotatable bonds is 12. The van der Waals surface area contributed by atoms with Gasteiger partial charge in [0.05, 0.1) is 0 Å². The van der Waals surface area contributed by atoms with E-state index in [2.05, 4.69) is 55.9 Å². The molecular weight excluding hydrogens is 636 g/mol. The molecule has 0 saturated carbocycles. The molecule has 0 radical (unpaired) electrons. The number of nitrogens with one attached hydrogen (secondary N) is 2. The normalized spacial score (nSPS) is 16.2. The number of guanidine groups is 1. The van der Waals surface area contributed by atoms with E-state index in [0.717, 1.165) is 19.1 Å². The molecule has 0 bridgehead atoms. The van der Waals surface area contributed by atoms with Gasteiger partial charge in [0, 0.05) is 10.0 Å². The first-order valence-corrected chi connectivity index (χ1v) is 16.4. The second-order valence-corrected chi connectivity index (χ2v) is 12.4. The van der Waals surface area contributed by atoms with Crippen LogP contribution in [0.4, 0.5) is 9.59 Å². The topological polar surface area (TPSA) is 124 Å². The smallest absolute Gasteiger partial charge is 0.289 e. The first-order valence-electron chi connectivity index (χ1n) is 15.7. The number of amides is 3. The molecule has 0 aliphatic carbocycles. The molecule has 1 aliphatic heterocycles. The van der Waals surface area contributed by atoms with Crippen molar-refractivity contribution in [3.63, 3.8) is 0 Å². The Bertz CT molecular complexity index is 1660. The third-order valence-corrected chi connectivity index (χ3v) is 8.60. The number of piperazine rings is 1. The first-order chi connectivity index (χ1) is 22.6. The fraction of sp³-hybridized carbons (Fsp3) is 0.344. The fourth-order valence-corrected chi connectivity index (χ4v) is 6.28. The van der Waals surface area contributed by atoms with Crippen LogP contribution in [0.2, 0.25) is 10.0 Å². The van der Waals surface area contributed by atoms with E-state index in [1.54, 1.807) is 18.2 Å². The summed E-state index contributed by atoms with van der Waals surface area (Å²) in [5.41, 5.74) is 1.97. The van der Waals surface area contributed by atoms with Gasteiger partial charge in [0.1, 0.15) is 0 Å². The number of hydrogen-bond acceptors (Lipinski definition) is 5. The summed E-state index contributed by atoms with van der Waals surface area (Å²) < 4.78 is 10.7. The van der Waals surface area contributed by atoms with Gasteiger partial charge in [-0.2, -0.15) is 0 Å². The van der Waals surface area contributed by atoms with Gasteiger partial charge in [0.2, 0.25) is 7.85 Å². The minimum atomic E-state index is -0.803. The zero-order valence-electron chi connectivity index (χ0n) is 26.6. The van der Waals surface area contributed by atoms with Gasteiger partial charge in [-0.1, -0.05) is 71.7 Å². The summed E-state index contributed by atoms with van der Waals surface area (Å²) in [6.07, 6.45) is 3.40. The van der Waals surface area contributed by atoms with E-state index in [0.29, 0.717) is 61.8 Å². The Hall–Kier alpha value is -3.80. The van der Waals surface area contributed by atoms with Gasteiger partial charge in [-0.25, -0.2) is 0 Å². The van der Waals surface area contributed by atoms with Crippen LogP contribution in [0.3, 0.4) is 0 Å². The predicted octanol–water partition coefficient (Wildman–Crippen LogP) is 2.71. The molecule has 2 atom stereocenters. The summed E-state index contributed by atoms with van der Waals surface area (Å²) in [5.74, 6) is -0.862. The molecule has 3 aromatic carbocycles. The maximum atomic E-state index is 14.1. The van der Waals surface area contributed by atoms with Crippen LogP contribution < -0.4 is 10.6 Å². The predicted molar refractivity (Wildman–Crippen MR) is 194 cm³/mol. The number of aliphatic imine (C=N–C) groups is 2. The van der Waals surface area contributed by atoms with Crippen molar-refractivity contribution in [1.29, 1.82) is 0 Å². The minimum absolute atomic E-state index is 0.0590. The summed E-state index contributed by atoms with van der Waals surface area (Å²) in [7, 11) is 3.21. The van der Waals surface area contributed by atoms with Crippen LogP contribution in [-0.4, -0.2) is 107 Å². The molecule has 1 aliphatic rings. The maximum absolute atomic E-state index is 14.1. The third-order valence-electron chi connectivity index (χ3n) is 8.01. The molecule has 1 saturated heterocycles. The van der Waals surface area contributed by atoms with Crippen LogP contribution in [0.15, 0.2) is 70.6 Å². The van der Waals surface area contributed by atoms with Crippen molar-refractivity contribution in [3.8, 4) is 0 Å². The molecule has 47 heavy (non-hydrogen) atoms. The Morgan fingerprint density at radius 3 is 2.55 bits per heavy atom. The summed E-state index contributed by atoms with van der Waals surface area (Å²) >= 11 is 12.5. The molecule has 2 N–H and O–H groups in total. The van der Waals surface area contributed by atoms with Gasteiger partial charge in [-0.05, 0) is 34.0 Å². The second kappa shape index (κ2) is 17.9. The van der Waals surface area contributed by atoms with E-state index >= 15 is 0 Å². The number of benzene rings is 3. The van der Waals surface area contributed by atoms with E-state index in [4.69, 9.17) is 23.2 Å². The van der Waals surface area contributed by atoms with Crippen LogP contribution in [-0.2, 0) is 22.3 Å². The van der Waals surface area contributed by atoms with Crippen LogP contribution in [0.25, 0.3) is 10.8 Å². The van der Waals surface area contributed by atoms with Gasteiger partial charge in [-0.15, -0.1) is 0 Å². The van der Waals surface area contributed by atoms with Gasteiger partial charge in [-0.3, -0.25) is 4.79 Å². The van der Waals surface area contributed by atoms with Crippen molar-refractivity contribution in [1.82, 2.24) is 20.4 Å². The van der Waals surface area contributed by atoms with Crippen LogP contribution in [0, 0.1) is 0 Å². The van der Waals surface area contributed by atoms with E-state index < -0.39 is 11.8 Å². The van der Waals surface area contributed by atoms with Crippen molar-refractivity contribution >= 4 is 86.4 Å². The Morgan fingerprint density at radius 1 is 1.04 bits per heavy atom. The van der Waals surface area contributed by atoms with E-state index in [9.17, 15) is 19.1 Å². The fourth-order valence-electron chi connectivity index (χ4n) is 5.80. The number of halogens is 2. The van der Waals surface area contributed by atoms with E-state index in [1.807, 2.05) is 17.0 Å². The van der Waals surface area contributed by atoms with Crippen molar-refractivity contribution in [2.24, 2.45) is 9.98 Å². The number of hydrogen-bond donors (Lipinski definition) is 2. The molecule has 0 spiro atoms. The minimum Gasteiger partial charge on any atom is -0.289 e. The Balaban J connectivity index is 1.48. The number of carbonyl (C=O) groups excluding carboxylic acids is 3. The van der Waals surface area contributed by atoms with E-state index in [1.165, 1.54) is 32.0 Å². The number of nitrogens with zero attached hydrogens (tertiary/aromatic N) is 4. The SMILES string of the molecule is BC(=O)/N=C(\N=C/B=O)NCCC[C@H]1CN(CCc2ccc3ccccc3c2)CCN1C(=O)[C@@H](Cc1ccc(Cl)cc1Cl)NC(B)=O. The van der Waals surface area contributed by atoms with Gasteiger partial charge >= 0.3 is 154 Å². The average molecular weight is 673 g/mol. The molecule has 0 aromatic heterocycles. The molecule has 10 nitrogen and oxygen atoms in total. The van der Waals surface area contributed by atoms with Gasteiger partial charge in [0.25, 0.3) is 0 Å². The summed E-state index contributed by atoms with van der Waals surface area (Å²) in [5, 5.41) is 9.19. The van der Waals surface area contributed by atoms with E-state index in [-0.39, 0.29) is 30.1 Å². The zero-order valence-corrected chi connectivity index (χ0v) is 28.1. The molecule has 1 fully saturated rings. The zero-order chi connectivity index (χ0) is 33.8. The molecule has 0 unspecified atom stereocenters. The Kier molecular flexibility index (Phi) is 13.8. The molecule has 15 heteroatoms. The molecule has 1 heterocycles. The van der Waals surface area contributed by atoms with Crippen molar-refractivity contribution < 1.29 is 19.1 Å². The van der Waals surface area contributed by atoms with Crippen LogP contribution in [0.1, 0.15) is 24.0 Å². The summed E-state index contributed by atoms with van der Waals surface area (Å²) in [6.45, 7) is 3.11. The molecule has 3 aromatic rings. The first kappa shape index (κ1) is 36.0. The molecular formula is C32H37B3Cl2N6O4. The molecule has 3 amide bonds.